The molecular formula is C19H21N3O2. The van der Waals surface area contributed by atoms with Crippen molar-refractivity contribution in [2.24, 2.45) is 0 Å². The van der Waals surface area contributed by atoms with E-state index < -0.39 is 0 Å². The van der Waals surface area contributed by atoms with Crippen molar-refractivity contribution in [2.45, 2.75) is 26.4 Å². The van der Waals surface area contributed by atoms with Gasteiger partial charge in [-0.3, -0.25) is 4.79 Å². The first kappa shape index (κ1) is 16.1. The van der Waals surface area contributed by atoms with Crippen LogP contribution < -0.4 is 9.64 Å². The van der Waals surface area contributed by atoms with Gasteiger partial charge in [0.25, 0.3) is 0 Å². The predicted octanol–water partition coefficient (Wildman–Crippen LogP) is 3.90. The first-order chi connectivity index (χ1) is 11.7. The summed E-state index contributed by atoms with van der Waals surface area (Å²) in [5.74, 6) is 1.65. The zero-order valence-corrected chi connectivity index (χ0v) is 14.0. The van der Waals surface area contributed by atoms with E-state index in [-0.39, 0.29) is 5.91 Å². The molecule has 0 fully saturated rings. The van der Waals surface area contributed by atoms with Gasteiger partial charge in [-0.15, -0.1) is 0 Å². The maximum Gasteiger partial charge on any atom is 0.226 e. The van der Waals surface area contributed by atoms with Gasteiger partial charge in [-0.25, -0.2) is 4.98 Å². The van der Waals surface area contributed by atoms with Crippen LogP contribution in [-0.4, -0.2) is 22.9 Å². The molecule has 0 bridgehead atoms. The van der Waals surface area contributed by atoms with Gasteiger partial charge in [-0.05, 0) is 42.8 Å². The van der Waals surface area contributed by atoms with Crippen molar-refractivity contribution in [3.05, 3.63) is 54.4 Å². The molecule has 3 rings (SSSR count). The van der Waals surface area contributed by atoms with Gasteiger partial charge in [-0.2, -0.15) is 0 Å². The van der Waals surface area contributed by atoms with Crippen LogP contribution in [0.5, 0.6) is 5.75 Å². The number of aromatic amines is 1. The Morgan fingerprint density at radius 2 is 1.92 bits per heavy atom. The van der Waals surface area contributed by atoms with Gasteiger partial charge in [0.2, 0.25) is 5.91 Å². The molecular weight excluding hydrogens is 302 g/mol. The fourth-order valence-electron chi connectivity index (χ4n) is 2.52. The average Bonchev–Trinajstić information content (AvgIpc) is 3.03. The third-order valence-electron chi connectivity index (χ3n) is 3.88. The van der Waals surface area contributed by atoms with Gasteiger partial charge in [0.05, 0.1) is 11.0 Å². The molecule has 1 aromatic heterocycles. The standard InChI is InChI=1S/C19H21N3O2/c1-3-6-19(23)22(2)14-9-11-15(12-10-14)24-13-18-20-16-7-4-5-8-17(16)21-18/h4-5,7-12H,3,6,13H2,1-2H3,(H,20,21). The fraction of sp³-hybridized carbons (Fsp3) is 0.263. The maximum atomic E-state index is 11.9. The highest BCUT2D eigenvalue weighted by atomic mass is 16.5. The van der Waals surface area contributed by atoms with E-state index >= 15 is 0 Å². The summed E-state index contributed by atoms with van der Waals surface area (Å²) in [7, 11) is 1.79. The van der Waals surface area contributed by atoms with Crippen LogP contribution >= 0.6 is 0 Å². The molecule has 1 amide bonds. The Morgan fingerprint density at radius 3 is 2.62 bits per heavy atom. The Hall–Kier alpha value is -2.82. The Labute approximate surface area is 141 Å². The normalized spacial score (nSPS) is 10.8. The molecule has 0 saturated carbocycles. The number of nitrogens with one attached hydrogen (secondary N) is 1. The molecule has 0 aliphatic rings. The van der Waals surface area contributed by atoms with Gasteiger partial charge in [0, 0.05) is 19.2 Å². The SMILES string of the molecule is CCCC(=O)N(C)c1ccc(OCc2nc3ccccc3[nH]2)cc1. The number of hydrogen-bond donors (Lipinski definition) is 1. The van der Waals surface area contributed by atoms with Crippen molar-refractivity contribution in [1.29, 1.82) is 0 Å². The summed E-state index contributed by atoms with van der Waals surface area (Å²) in [5, 5.41) is 0. The smallest absolute Gasteiger partial charge is 0.226 e. The molecule has 1 heterocycles. The number of aromatic nitrogens is 2. The number of nitrogens with zero attached hydrogens (tertiary/aromatic N) is 2. The Kier molecular flexibility index (Phi) is 4.79. The number of rotatable bonds is 6. The summed E-state index contributed by atoms with van der Waals surface area (Å²) in [6.07, 6.45) is 1.41. The molecule has 5 nitrogen and oxygen atoms in total. The minimum absolute atomic E-state index is 0.119. The van der Waals surface area contributed by atoms with E-state index in [0.717, 1.165) is 34.7 Å². The zero-order valence-electron chi connectivity index (χ0n) is 14.0. The van der Waals surface area contributed by atoms with E-state index in [1.54, 1.807) is 11.9 Å². The van der Waals surface area contributed by atoms with Gasteiger partial charge >= 0.3 is 0 Å². The molecule has 0 radical (unpaired) electrons. The van der Waals surface area contributed by atoms with Crippen molar-refractivity contribution in [1.82, 2.24) is 9.97 Å². The van der Waals surface area contributed by atoms with Crippen LogP contribution in [0.2, 0.25) is 0 Å². The third-order valence-corrected chi connectivity index (χ3v) is 3.88. The third kappa shape index (κ3) is 3.56. The summed E-state index contributed by atoms with van der Waals surface area (Å²) < 4.78 is 5.77. The minimum Gasteiger partial charge on any atom is -0.486 e. The van der Waals surface area contributed by atoms with Gasteiger partial charge in [-0.1, -0.05) is 19.1 Å². The lowest BCUT2D eigenvalue weighted by Crippen LogP contribution is -2.25. The van der Waals surface area contributed by atoms with Crippen LogP contribution in [0.25, 0.3) is 11.0 Å². The number of benzene rings is 2. The molecule has 0 saturated heterocycles. The van der Waals surface area contributed by atoms with Crippen LogP contribution in [-0.2, 0) is 11.4 Å². The first-order valence-electron chi connectivity index (χ1n) is 8.10. The fourth-order valence-corrected chi connectivity index (χ4v) is 2.52. The molecule has 24 heavy (non-hydrogen) atoms. The molecule has 0 atom stereocenters. The lowest BCUT2D eigenvalue weighted by atomic mass is 10.2. The highest BCUT2D eigenvalue weighted by Crippen LogP contribution is 2.20. The van der Waals surface area contributed by atoms with Crippen molar-refractivity contribution >= 4 is 22.6 Å². The molecule has 0 aliphatic heterocycles. The Balaban J connectivity index is 1.62. The lowest BCUT2D eigenvalue weighted by molar-refractivity contribution is -0.118. The second-order valence-electron chi connectivity index (χ2n) is 5.69. The number of ether oxygens (including phenoxy) is 1. The number of para-hydroxylation sites is 2. The topological polar surface area (TPSA) is 58.2 Å². The van der Waals surface area contributed by atoms with E-state index in [9.17, 15) is 4.79 Å². The molecule has 0 unspecified atom stereocenters. The number of carbonyl (C=O) groups excluding carboxylic acids is 1. The first-order valence-corrected chi connectivity index (χ1v) is 8.10. The predicted molar refractivity (Wildman–Crippen MR) is 95.2 cm³/mol. The molecule has 124 valence electrons. The molecule has 5 heteroatoms. The summed E-state index contributed by atoms with van der Waals surface area (Å²) in [4.78, 5) is 21.3. The van der Waals surface area contributed by atoms with E-state index in [4.69, 9.17) is 4.74 Å². The summed E-state index contributed by atoms with van der Waals surface area (Å²) in [6, 6.07) is 15.4. The number of carbonyl (C=O) groups is 1. The summed E-state index contributed by atoms with van der Waals surface area (Å²) in [6.45, 7) is 2.37. The van der Waals surface area contributed by atoms with Crippen molar-refractivity contribution in [2.75, 3.05) is 11.9 Å². The quantitative estimate of drug-likeness (QED) is 0.748. The molecule has 0 spiro atoms. The Morgan fingerprint density at radius 1 is 1.17 bits per heavy atom. The van der Waals surface area contributed by atoms with Crippen molar-refractivity contribution in [3.63, 3.8) is 0 Å². The number of hydrogen-bond acceptors (Lipinski definition) is 3. The number of fused-ring (bicyclic) bond motifs is 1. The van der Waals surface area contributed by atoms with Crippen LogP contribution in [0.1, 0.15) is 25.6 Å². The van der Waals surface area contributed by atoms with E-state index in [0.29, 0.717) is 13.0 Å². The van der Waals surface area contributed by atoms with E-state index in [1.807, 2.05) is 55.5 Å². The molecule has 2 aromatic carbocycles. The number of anilines is 1. The molecule has 1 N–H and O–H groups in total. The molecule has 0 aliphatic carbocycles. The highest BCUT2D eigenvalue weighted by Gasteiger charge is 2.09. The number of imidazole rings is 1. The van der Waals surface area contributed by atoms with Crippen molar-refractivity contribution < 1.29 is 9.53 Å². The van der Waals surface area contributed by atoms with Crippen molar-refractivity contribution in [3.8, 4) is 5.75 Å². The monoisotopic (exact) mass is 323 g/mol. The van der Waals surface area contributed by atoms with Crippen LogP contribution in [0.4, 0.5) is 5.69 Å². The molecule has 3 aromatic rings. The van der Waals surface area contributed by atoms with Crippen LogP contribution in [0.3, 0.4) is 0 Å². The van der Waals surface area contributed by atoms with Gasteiger partial charge in [0.1, 0.15) is 18.2 Å². The minimum atomic E-state index is 0.119. The largest absolute Gasteiger partial charge is 0.486 e. The second-order valence-corrected chi connectivity index (χ2v) is 5.69. The van der Waals surface area contributed by atoms with Crippen LogP contribution in [0.15, 0.2) is 48.5 Å². The van der Waals surface area contributed by atoms with Gasteiger partial charge in [0.15, 0.2) is 0 Å². The van der Waals surface area contributed by atoms with E-state index in [2.05, 4.69) is 9.97 Å². The van der Waals surface area contributed by atoms with E-state index in [1.165, 1.54) is 0 Å². The summed E-state index contributed by atoms with van der Waals surface area (Å²) in [5.41, 5.74) is 2.80. The van der Waals surface area contributed by atoms with Gasteiger partial charge < -0.3 is 14.6 Å². The second kappa shape index (κ2) is 7.17. The summed E-state index contributed by atoms with van der Waals surface area (Å²) >= 11 is 0. The maximum absolute atomic E-state index is 11.9. The Bertz CT molecular complexity index is 791. The van der Waals surface area contributed by atoms with Crippen LogP contribution in [0, 0.1) is 0 Å². The zero-order chi connectivity index (χ0) is 16.9. The highest BCUT2D eigenvalue weighted by molar-refractivity contribution is 5.92. The lowest BCUT2D eigenvalue weighted by Gasteiger charge is -2.17. The number of amides is 1. The average molecular weight is 323 g/mol. The number of H-pyrrole nitrogens is 1.